The van der Waals surface area contributed by atoms with E-state index in [1.54, 1.807) is 60.8 Å². The third kappa shape index (κ3) is 6.79. The van der Waals surface area contributed by atoms with Crippen LogP contribution < -0.4 is 15.4 Å². The highest BCUT2D eigenvalue weighted by atomic mass is 16.5. The molecule has 0 aliphatic heterocycles. The summed E-state index contributed by atoms with van der Waals surface area (Å²) in [6, 6.07) is 22.9. The van der Waals surface area contributed by atoms with Crippen molar-refractivity contribution in [1.29, 1.82) is 0 Å². The Morgan fingerprint density at radius 2 is 1.68 bits per heavy atom. The minimum absolute atomic E-state index is 0.263. The van der Waals surface area contributed by atoms with Gasteiger partial charge in [-0.2, -0.15) is 0 Å². The number of amides is 2. The number of anilines is 2. The summed E-state index contributed by atoms with van der Waals surface area (Å²) in [6.45, 7) is 1.93. The molecular weight excluding hydrogens is 470 g/mol. The molecule has 186 valence electrons. The Bertz CT molecular complexity index is 1440. The third-order valence-electron chi connectivity index (χ3n) is 5.28. The van der Waals surface area contributed by atoms with E-state index < -0.39 is 24.4 Å². The van der Waals surface area contributed by atoms with Gasteiger partial charge in [0, 0.05) is 28.9 Å². The van der Waals surface area contributed by atoms with Crippen molar-refractivity contribution >= 4 is 46.1 Å². The van der Waals surface area contributed by atoms with Crippen LogP contribution in [0.4, 0.5) is 11.4 Å². The molecule has 0 saturated carbocycles. The molecule has 0 aliphatic carbocycles. The summed E-state index contributed by atoms with van der Waals surface area (Å²) in [5.74, 6) is -0.950. The summed E-state index contributed by atoms with van der Waals surface area (Å²) in [4.78, 5) is 41.7. The first-order valence-electron chi connectivity index (χ1n) is 11.6. The molecule has 1 heterocycles. The van der Waals surface area contributed by atoms with Gasteiger partial charge < -0.3 is 20.1 Å². The fraction of sp³-hybridized carbons (Fsp3) is 0.103. The number of hydrogen-bond donors (Lipinski definition) is 2. The van der Waals surface area contributed by atoms with Gasteiger partial charge in [-0.25, -0.2) is 4.79 Å². The number of nitrogens with one attached hydrogen (secondary N) is 2. The molecule has 8 heteroatoms. The van der Waals surface area contributed by atoms with Crippen molar-refractivity contribution < 1.29 is 23.9 Å². The van der Waals surface area contributed by atoms with Crippen LogP contribution in [0, 0.1) is 0 Å². The van der Waals surface area contributed by atoms with E-state index in [1.807, 2.05) is 37.3 Å². The minimum Gasteiger partial charge on any atom is -0.494 e. The monoisotopic (exact) mass is 495 g/mol. The van der Waals surface area contributed by atoms with Crippen LogP contribution in [0.25, 0.3) is 17.0 Å². The van der Waals surface area contributed by atoms with Crippen LogP contribution in [-0.2, 0) is 14.3 Å². The average molecular weight is 496 g/mol. The van der Waals surface area contributed by atoms with Gasteiger partial charge in [0.05, 0.1) is 23.4 Å². The molecule has 0 fully saturated rings. The first-order chi connectivity index (χ1) is 18.0. The number of aromatic nitrogens is 1. The quantitative estimate of drug-likeness (QED) is 0.248. The molecule has 8 nitrogen and oxygen atoms in total. The molecule has 0 spiro atoms. The van der Waals surface area contributed by atoms with E-state index in [-0.39, 0.29) is 5.56 Å². The second-order valence-corrected chi connectivity index (χ2v) is 7.87. The van der Waals surface area contributed by atoms with Crippen molar-refractivity contribution in [2.75, 3.05) is 23.8 Å². The summed E-state index contributed by atoms with van der Waals surface area (Å²) in [5.41, 5.74) is 2.65. The minimum atomic E-state index is -0.676. The molecule has 0 saturated heterocycles. The Morgan fingerprint density at radius 3 is 2.49 bits per heavy atom. The number of nitrogens with zero attached hydrogens (tertiary/aromatic N) is 1. The van der Waals surface area contributed by atoms with Gasteiger partial charge in [0.25, 0.3) is 11.8 Å². The predicted octanol–water partition coefficient (Wildman–Crippen LogP) is 5.08. The molecule has 0 unspecified atom stereocenters. The van der Waals surface area contributed by atoms with Crippen molar-refractivity contribution in [2.45, 2.75) is 6.92 Å². The zero-order valence-corrected chi connectivity index (χ0v) is 20.1. The van der Waals surface area contributed by atoms with Gasteiger partial charge in [-0.15, -0.1) is 0 Å². The third-order valence-corrected chi connectivity index (χ3v) is 5.28. The molecule has 0 radical (unpaired) electrons. The Kier molecular flexibility index (Phi) is 8.23. The van der Waals surface area contributed by atoms with Crippen LogP contribution in [0.5, 0.6) is 5.75 Å². The summed E-state index contributed by atoms with van der Waals surface area (Å²) < 4.78 is 10.5. The number of carbonyl (C=O) groups excluding carboxylic acids is 3. The largest absolute Gasteiger partial charge is 0.494 e. The molecule has 0 bridgehead atoms. The SMILES string of the molecule is CCOc1ccc(NC(=O)c2ccccc2NC(=O)COC(=O)/C=C/c2cccc3cccnc23)cc1. The van der Waals surface area contributed by atoms with Gasteiger partial charge in [-0.05, 0) is 55.5 Å². The van der Waals surface area contributed by atoms with Crippen LogP contribution in [0.3, 0.4) is 0 Å². The highest BCUT2D eigenvalue weighted by Gasteiger charge is 2.14. The fourth-order valence-corrected chi connectivity index (χ4v) is 3.58. The molecule has 0 aliphatic rings. The van der Waals surface area contributed by atoms with E-state index in [0.717, 1.165) is 16.5 Å². The molecule has 1 aromatic heterocycles. The zero-order chi connectivity index (χ0) is 26.0. The van der Waals surface area contributed by atoms with Crippen molar-refractivity contribution in [3.8, 4) is 5.75 Å². The van der Waals surface area contributed by atoms with E-state index in [4.69, 9.17) is 9.47 Å². The van der Waals surface area contributed by atoms with Gasteiger partial charge in [-0.1, -0.05) is 36.4 Å². The summed E-state index contributed by atoms with van der Waals surface area (Å²) >= 11 is 0. The number of fused-ring (bicyclic) bond motifs is 1. The number of rotatable bonds is 9. The number of carbonyl (C=O) groups is 3. The topological polar surface area (TPSA) is 107 Å². The van der Waals surface area contributed by atoms with Crippen LogP contribution in [0.2, 0.25) is 0 Å². The van der Waals surface area contributed by atoms with Gasteiger partial charge in [-0.3, -0.25) is 14.6 Å². The molecule has 2 amide bonds. The fourth-order valence-electron chi connectivity index (χ4n) is 3.58. The van der Waals surface area contributed by atoms with Crippen LogP contribution in [0.1, 0.15) is 22.8 Å². The maximum absolute atomic E-state index is 12.8. The van der Waals surface area contributed by atoms with Gasteiger partial charge in [0.1, 0.15) is 5.75 Å². The van der Waals surface area contributed by atoms with E-state index in [9.17, 15) is 14.4 Å². The molecule has 37 heavy (non-hydrogen) atoms. The number of esters is 1. The Morgan fingerprint density at radius 1 is 0.892 bits per heavy atom. The summed E-state index contributed by atoms with van der Waals surface area (Å²) in [7, 11) is 0. The standard InChI is InChI=1S/C29H25N3O5/c1-2-36-23-15-13-22(14-16-23)31-29(35)24-10-3-4-11-25(24)32-26(33)19-37-27(34)17-12-21-8-5-7-20-9-6-18-30-28(20)21/h3-18H,2,19H2,1H3,(H,31,35)(H,32,33)/b17-12+. The summed E-state index contributed by atoms with van der Waals surface area (Å²) in [6.07, 6.45) is 4.52. The molecule has 0 atom stereocenters. The van der Waals surface area contributed by atoms with Gasteiger partial charge in [0.2, 0.25) is 0 Å². The first kappa shape index (κ1) is 25.1. The smallest absolute Gasteiger partial charge is 0.331 e. The Hall–Kier alpha value is -4.98. The number of para-hydroxylation sites is 2. The molecular formula is C29H25N3O5. The molecule has 2 N–H and O–H groups in total. The molecule has 4 aromatic rings. The number of ether oxygens (including phenoxy) is 2. The van der Waals surface area contributed by atoms with Crippen molar-refractivity contribution in [2.24, 2.45) is 0 Å². The van der Waals surface area contributed by atoms with Crippen molar-refractivity contribution in [3.63, 3.8) is 0 Å². The van der Waals surface area contributed by atoms with Crippen LogP contribution in [-0.4, -0.2) is 36.0 Å². The van der Waals surface area contributed by atoms with Crippen LogP contribution in [0.15, 0.2) is 91.1 Å². The van der Waals surface area contributed by atoms with E-state index >= 15 is 0 Å². The molecule has 3 aromatic carbocycles. The second-order valence-electron chi connectivity index (χ2n) is 7.87. The first-order valence-corrected chi connectivity index (χ1v) is 11.6. The van der Waals surface area contributed by atoms with E-state index in [0.29, 0.717) is 23.7 Å². The van der Waals surface area contributed by atoms with Crippen molar-refractivity contribution in [1.82, 2.24) is 4.98 Å². The number of benzene rings is 3. The lowest BCUT2D eigenvalue weighted by molar-refractivity contribution is -0.142. The van der Waals surface area contributed by atoms with E-state index in [2.05, 4.69) is 15.6 Å². The van der Waals surface area contributed by atoms with Gasteiger partial charge >= 0.3 is 5.97 Å². The highest BCUT2D eigenvalue weighted by Crippen LogP contribution is 2.20. The normalized spacial score (nSPS) is 10.7. The van der Waals surface area contributed by atoms with Crippen molar-refractivity contribution in [3.05, 3.63) is 102 Å². The Balaban J connectivity index is 1.33. The average Bonchev–Trinajstić information content (AvgIpc) is 2.92. The lowest BCUT2D eigenvalue weighted by atomic mass is 10.1. The second kappa shape index (κ2) is 12.1. The Labute approximate surface area is 213 Å². The van der Waals surface area contributed by atoms with Crippen LogP contribution >= 0.6 is 0 Å². The number of pyridine rings is 1. The summed E-state index contributed by atoms with van der Waals surface area (Å²) in [5, 5.41) is 6.36. The highest BCUT2D eigenvalue weighted by molar-refractivity contribution is 6.10. The molecule has 4 rings (SSSR count). The predicted molar refractivity (Wildman–Crippen MR) is 142 cm³/mol. The maximum atomic E-state index is 12.8. The zero-order valence-electron chi connectivity index (χ0n) is 20.1. The maximum Gasteiger partial charge on any atom is 0.331 e. The van der Waals surface area contributed by atoms with E-state index in [1.165, 1.54) is 6.08 Å². The number of hydrogen-bond acceptors (Lipinski definition) is 6. The lowest BCUT2D eigenvalue weighted by Crippen LogP contribution is -2.22. The lowest BCUT2D eigenvalue weighted by Gasteiger charge is -2.12. The van der Waals surface area contributed by atoms with Gasteiger partial charge in [0.15, 0.2) is 6.61 Å².